The molecule has 1 atom stereocenters. The summed E-state index contributed by atoms with van der Waals surface area (Å²) in [5.74, 6) is -0.103. The molecule has 1 aliphatic rings. The molecule has 1 saturated heterocycles. The zero-order chi connectivity index (χ0) is 25.9. The van der Waals surface area contributed by atoms with Crippen molar-refractivity contribution < 1.29 is 23.4 Å². The molecule has 0 spiro atoms. The Morgan fingerprint density at radius 1 is 1.24 bits per heavy atom. The highest BCUT2D eigenvalue weighted by Crippen LogP contribution is 2.26. The highest BCUT2D eigenvalue weighted by atomic mass is 19.1. The van der Waals surface area contributed by atoms with Gasteiger partial charge in [0.25, 0.3) is 0 Å². The van der Waals surface area contributed by atoms with Crippen molar-refractivity contribution in [3.63, 3.8) is 0 Å². The van der Waals surface area contributed by atoms with Gasteiger partial charge in [-0.15, -0.1) is 0 Å². The van der Waals surface area contributed by atoms with Crippen LogP contribution >= 0.6 is 0 Å². The highest BCUT2D eigenvalue weighted by molar-refractivity contribution is 5.72. The Morgan fingerprint density at radius 3 is 2.76 bits per heavy atom. The number of nitrogens with zero attached hydrogens (tertiary/aromatic N) is 6. The third-order valence-corrected chi connectivity index (χ3v) is 6.13. The molecular formula is C24H27FN8O4. The molecule has 0 saturated carbocycles. The fraction of sp³-hybridized carbons (Fsp3) is 0.333. The Morgan fingerprint density at radius 2 is 2.05 bits per heavy atom. The molecule has 4 N–H and O–H groups in total. The van der Waals surface area contributed by atoms with Crippen molar-refractivity contribution in [3.05, 3.63) is 48.5 Å². The van der Waals surface area contributed by atoms with Gasteiger partial charge in [0.2, 0.25) is 11.9 Å². The van der Waals surface area contributed by atoms with Crippen molar-refractivity contribution in [1.82, 2.24) is 24.5 Å². The lowest BCUT2D eigenvalue weighted by Gasteiger charge is -2.36. The van der Waals surface area contributed by atoms with Crippen LogP contribution in [-0.4, -0.2) is 80.9 Å². The summed E-state index contributed by atoms with van der Waals surface area (Å²) in [6, 6.07) is 9.83. The first-order valence-electron chi connectivity index (χ1n) is 11.8. The normalized spacial score (nSPS) is 15.1. The van der Waals surface area contributed by atoms with Crippen molar-refractivity contribution in [1.29, 1.82) is 0 Å². The lowest BCUT2D eigenvalue weighted by atomic mass is 10.2. The number of aliphatic carboxylic acids is 1. The van der Waals surface area contributed by atoms with E-state index in [0.717, 1.165) is 19.6 Å². The van der Waals surface area contributed by atoms with Crippen LogP contribution in [0.5, 0.6) is 5.75 Å². The Kier molecular flexibility index (Phi) is 6.77. The van der Waals surface area contributed by atoms with E-state index >= 15 is 0 Å². The second-order valence-electron chi connectivity index (χ2n) is 8.65. The standard InChI is InChI=1S/C24H27FN8O4/c1-15(22(34)35)37-16-4-5-19(17(25)13-16)32-10-8-31(9-11-32)7-6-27-24-28-21-14-18(20-3-2-12-36-20)30-33(21)23(26)29-24/h2-5,12-15H,6-11H2,1H3,(H,34,35)(H3,26,27,28,29)/t15-/m1/s1. The van der Waals surface area contributed by atoms with Crippen molar-refractivity contribution in [2.45, 2.75) is 13.0 Å². The molecule has 12 nitrogen and oxygen atoms in total. The molecular weight excluding hydrogens is 483 g/mol. The van der Waals surface area contributed by atoms with Gasteiger partial charge in [0.1, 0.15) is 17.3 Å². The van der Waals surface area contributed by atoms with Crippen molar-refractivity contribution in [2.24, 2.45) is 0 Å². The van der Waals surface area contributed by atoms with Gasteiger partial charge in [0, 0.05) is 51.4 Å². The average molecular weight is 511 g/mol. The summed E-state index contributed by atoms with van der Waals surface area (Å²) >= 11 is 0. The van der Waals surface area contributed by atoms with Crippen molar-refractivity contribution in [2.75, 3.05) is 55.2 Å². The lowest BCUT2D eigenvalue weighted by Crippen LogP contribution is -2.48. The zero-order valence-corrected chi connectivity index (χ0v) is 20.2. The summed E-state index contributed by atoms with van der Waals surface area (Å²) in [5.41, 5.74) is 7.72. The molecule has 0 aliphatic carbocycles. The molecule has 4 aromatic rings. The van der Waals surface area contributed by atoms with Crippen LogP contribution in [0.2, 0.25) is 0 Å². The smallest absolute Gasteiger partial charge is 0.344 e. The molecule has 0 amide bonds. The van der Waals surface area contributed by atoms with Gasteiger partial charge in [-0.05, 0) is 31.2 Å². The molecule has 1 aromatic carbocycles. The van der Waals surface area contributed by atoms with Gasteiger partial charge in [0.05, 0.1) is 12.0 Å². The van der Waals surface area contributed by atoms with E-state index in [2.05, 4.69) is 25.3 Å². The number of hydrogen-bond acceptors (Lipinski definition) is 10. The number of benzene rings is 1. The minimum Gasteiger partial charge on any atom is -0.479 e. The van der Waals surface area contributed by atoms with Crippen LogP contribution in [0.4, 0.5) is 22.0 Å². The number of piperazine rings is 1. The highest BCUT2D eigenvalue weighted by Gasteiger charge is 2.21. The van der Waals surface area contributed by atoms with Crippen LogP contribution in [0.3, 0.4) is 0 Å². The first kappa shape index (κ1) is 24.3. The molecule has 4 heterocycles. The summed E-state index contributed by atoms with van der Waals surface area (Å²) in [6.45, 7) is 5.59. The van der Waals surface area contributed by atoms with Crippen LogP contribution in [0.15, 0.2) is 47.1 Å². The Hall–Kier alpha value is -4.39. The average Bonchev–Trinajstić information content (AvgIpc) is 3.55. The van der Waals surface area contributed by atoms with Crippen LogP contribution in [0.1, 0.15) is 6.92 Å². The number of rotatable bonds is 9. The first-order chi connectivity index (χ1) is 17.9. The number of nitrogen functional groups attached to an aromatic ring is 1. The Labute approximate surface area is 211 Å². The predicted octanol–water partition coefficient (Wildman–Crippen LogP) is 2.19. The van der Waals surface area contributed by atoms with Gasteiger partial charge in [-0.2, -0.15) is 19.6 Å². The molecule has 3 aromatic heterocycles. The summed E-state index contributed by atoms with van der Waals surface area (Å²) in [7, 11) is 0. The largest absolute Gasteiger partial charge is 0.479 e. The van der Waals surface area contributed by atoms with E-state index in [1.165, 1.54) is 17.5 Å². The number of nitrogens with two attached hydrogens (primary N) is 1. The number of ether oxygens (including phenoxy) is 1. The van der Waals surface area contributed by atoms with E-state index in [4.69, 9.17) is 20.0 Å². The molecule has 194 valence electrons. The number of hydrogen-bond donors (Lipinski definition) is 3. The fourth-order valence-electron chi connectivity index (χ4n) is 4.14. The monoisotopic (exact) mass is 510 g/mol. The molecule has 37 heavy (non-hydrogen) atoms. The number of fused-ring (bicyclic) bond motifs is 1. The molecule has 1 aliphatic heterocycles. The zero-order valence-electron chi connectivity index (χ0n) is 20.2. The molecule has 0 radical (unpaired) electrons. The fourth-order valence-corrected chi connectivity index (χ4v) is 4.14. The minimum absolute atomic E-state index is 0.190. The molecule has 0 bridgehead atoms. The van der Waals surface area contributed by atoms with Gasteiger partial charge >= 0.3 is 5.97 Å². The SMILES string of the molecule is C[C@@H](Oc1ccc(N2CCN(CCNc3nc(N)n4nc(-c5ccco5)cc4n3)CC2)c(F)c1)C(=O)O. The number of carboxylic acids is 1. The van der Waals surface area contributed by atoms with E-state index in [-0.39, 0.29) is 11.7 Å². The Bertz CT molecular complexity index is 1390. The molecule has 0 unspecified atom stereocenters. The second kappa shape index (κ2) is 10.3. The number of carbonyl (C=O) groups is 1. The van der Waals surface area contributed by atoms with Gasteiger partial charge < -0.3 is 30.2 Å². The number of aromatic nitrogens is 4. The lowest BCUT2D eigenvalue weighted by molar-refractivity contribution is -0.144. The van der Waals surface area contributed by atoms with Gasteiger partial charge in [-0.25, -0.2) is 9.18 Å². The summed E-state index contributed by atoms with van der Waals surface area (Å²) in [6.07, 6.45) is 0.527. The number of carboxylic acid groups (broad SMARTS) is 1. The predicted molar refractivity (Wildman–Crippen MR) is 134 cm³/mol. The topological polar surface area (TPSA) is 147 Å². The van der Waals surface area contributed by atoms with Crippen LogP contribution in [-0.2, 0) is 4.79 Å². The van der Waals surface area contributed by atoms with E-state index < -0.39 is 17.9 Å². The number of halogens is 1. The van der Waals surface area contributed by atoms with Crippen LogP contribution in [0, 0.1) is 5.82 Å². The molecule has 5 rings (SSSR count). The maximum absolute atomic E-state index is 14.7. The van der Waals surface area contributed by atoms with Gasteiger partial charge in [-0.1, -0.05) is 0 Å². The third kappa shape index (κ3) is 5.40. The summed E-state index contributed by atoms with van der Waals surface area (Å²) in [4.78, 5) is 24.0. The van der Waals surface area contributed by atoms with Crippen molar-refractivity contribution >= 4 is 29.2 Å². The number of anilines is 3. The van der Waals surface area contributed by atoms with Crippen molar-refractivity contribution in [3.8, 4) is 17.2 Å². The first-order valence-corrected chi connectivity index (χ1v) is 11.8. The number of nitrogens with one attached hydrogen (secondary N) is 1. The molecule has 1 fully saturated rings. The summed E-state index contributed by atoms with van der Waals surface area (Å²) in [5, 5.41) is 16.6. The third-order valence-electron chi connectivity index (χ3n) is 6.13. The quantitative estimate of drug-likeness (QED) is 0.304. The van der Waals surface area contributed by atoms with E-state index in [0.29, 0.717) is 48.4 Å². The van der Waals surface area contributed by atoms with Gasteiger partial charge in [0.15, 0.2) is 17.5 Å². The van der Waals surface area contributed by atoms with Crippen LogP contribution in [0.25, 0.3) is 17.1 Å². The second-order valence-corrected chi connectivity index (χ2v) is 8.65. The summed E-state index contributed by atoms with van der Waals surface area (Å²) < 4.78 is 26.8. The Balaban J connectivity index is 1.12. The maximum atomic E-state index is 14.7. The van der Waals surface area contributed by atoms with Crippen LogP contribution < -0.4 is 20.7 Å². The maximum Gasteiger partial charge on any atom is 0.344 e. The van der Waals surface area contributed by atoms with Gasteiger partial charge in [-0.3, -0.25) is 4.90 Å². The van der Waals surface area contributed by atoms with E-state index in [1.54, 1.807) is 30.5 Å². The van der Waals surface area contributed by atoms with E-state index in [1.807, 2.05) is 11.0 Å². The minimum atomic E-state index is -1.10. The number of furan rings is 1. The molecule has 13 heteroatoms. The van der Waals surface area contributed by atoms with E-state index in [9.17, 15) is 9.18 Å².